The molecule has 0 saturated carbocycles. The van der Waals surface area contributed by atoms with Gasteiger partial charge in [0.15, 0.2) is 11.5 Å². The van der Waals surface area contributed by atoms with Crippen LogP contribution < -0.4 is 5.32 Å². The lowest BCUT2D eigenvalue weighted by Gasteiger charge is -2.16. The van der Waals surface area contributed by atoms with Crippen LogP contribution in [0, 0.1) is 5.92 Å². The van der Waals surface area contributed by atoms with Gasteiger partial charge in [0.25, 0.3) is 0 Å². The molecule has 4 N–H and O–H groups in total. The maximum absolute atomic E-state index is 9.62. The second-order valence-corrected chi connectivity index (χ2v) is 4.85. The van der Waals surface area contributed by atoms with Crippen LogP contribution >= 0.6 is 0 Å². The summed E-state index contributed by atoms with van der Waals surface area (Å²) in [7, 11) is 0. The third-order valence-electron chi connectivity index (χ3n) is 2.68. The van der Waals surface area contributed by atoms with E-state index in [1.165, 1.54) is 6.07 Å². The van der Waals surface area contributed by atoms with E-state index in [0.29, 0.717) is 24.1 Å². The average Bonchev–Trinajstić information content (AvgIpc) is 2.24. The third-order valence-corrected chi connectivity index (χ3v) is 2.68. The first-order chi connectivity index (χ1) is 7.91. The van der Waals surface area contributed by atoms with Gasteiger partial charge in [0.1, 0.15) is 0 Å². The van der Waals surface area contributed by atoms with Crippen molar-refractivity contribution in [3.8, 4) is 17.2 Å². The highest BCUT2D eigenvalue weighted by Gasteiger charge is 2.12. The molecular formula is C13H21NO3. The van der Waals surface area contributed by atoms with Crippen LogP contribution in [0.25, 0.3) is 0 Å². The summed E-state index contributed by atoms with van der Waals surface area (Å²) in [6.45, 7) is 6.86. The number of hydrogen-bond acceptors (Lipinski definition) is 4. The van der Waals surface area contributed by atoms with Gasteiger partial charge in [-0.3, -0.25) is 0 Å². The summed E-state index contributed by atoms with van der Waals surface area (Å²) in [5.41, 5.74) is 0.580. The summed E-state index contributed by atoms with van der Waals surface area (Å²) >= 11 is 0. The zero-order chi connectivity index (χ0) is 13.0. The molecule has 0 aliphatic carbocycles. The molecule has 0 amide bonds. The molecule has 1 atom stereocenters. The fourth-order valence-corrected chi connectivity index (χ4v) is 1.83. The van der Waals surface area contributed by atoms with E-state index < -0.39 is 5.75 Å². The Balaban J connectivity index is 2.61. The normalized spacial score (nSPS) is 12.9. The lowest BCUT2D eigenvalue weighted by atomic mass is 10.0. The van der Waals surface area contributed by atoms with Gasteiger partial charge in [-0.15, -0.1) is 0 Å². The Morgan fingerprint density at radius 2 is 1.71 bits per heavy atom. The van der Waals surface area contributed by atoms with Gasteiger partial charge in [-0.25, -0.2) is 0 Å². The Hall–Kier alpha value is -1.42. The molecule has 0 fully saturated rings. The predicted molar refractivity (Wildman–Crippen MR) is 67.2 cm³/mol. The Morgan fingerprint density at radius 1 is 1.06 bits per heavy atom. The van der Waals surface area contributed by atoms with E-state index in [-0.39, 0.29) is 11.5 Å². The van der Waals surface area contributed by atoms with Crippen LogP contribution in [-0.4, -0.2) is 21.4 Å². The summed E-state index contributed by atoms with van der Waals surface area (Å²) in [4.78, 5) is 0. The molecule has 1 aromatic rings. The number of hydrogen-bond donors (Lipinski definition) is 4. The molecule has 0 heterocycles. The number of rotatable bonds is 5. The average molecular weight is 239 g/mol. The van der Waals surface area contributed by atoms with Crippen LogP contribution in [0.4, 0.5) is 0 Å². The molecule has 1 unspecified atom stereocenters. The number of phenols is 3. The molecule has 1 aromatic carbocycles. The summed E-state index contributed by atoms with van der Waals surface area (Å²) in [5.74, 6) is -0.407. The molecule has 17 heavy (non-hydrogen) atoms. The first-order valence-corrected chi connectivity index (χ1v) is 5.88. The van der Waals surface area contributed by atoms with Crippen LogP contribution in [0.15, 0.2) is 12.1 Å². The Morgan fingerprint density at radius 3 is 2.29 bits per heavy atom. The largest absolute Gasteiger partial charge is 0.504 e. The molecular weight excluding hydrogens is 218 g/mol. The number of nitrogens with one attached hydrogen (secondary N) is 1. The van der Waals surface area contributed by atoms with E-state index in [4.69, 9.17) is 0 Å². The minimum atomic E-state index is -0.458. The molecule has 96 valence electrons. The first-order valence-electron chi connectivity index (χ1n) is 5.88. The summed E-state index contributed by atoms with van der Waals surface area (Å²) in [6, 6.07) is 3.31. The number of benzene rings is 1. The van der Waals surface area contributed by atoms with Crippen LogP contribution in [0.5, 0.6) is 17.2 Å². The zero-order valence-corrected chi connectivity index (χ0v) is 10.6. The van der Waals surface area contributed by atoms with Crippen molar-refractivity contribution in [1.29, 1.82) is 0 Å². The molecule has 0 spiro atoms. The van der Waals surface area contributed by atoms with Gasteiger partial charge in [-0.05, 0) is 25.3 Å². The van der Waals surface area contributed by atoms with Crippen molar-refractivity contribution < 1.29 is 15.3 Å². The molecule has 1 rings (SSSR count). The molecule has 0 bridgehead atoms. The minimum absolute atomic E-state index is 0.255. The lowest BCUT2D eigenvalue weighted by Crippen LogP contribution is -2.26. The van der Waals surface area contributed by atoms with Gasteiger partial charge in [0, 0.05) is 18.2 Å². The van der Waals surface area contributed by atoms with E-state index >= 15 is 0 Å². The highest BCUT2D eigenvalue weighted by Crippen LogP contribution is 2.36. The predicted octanol–water partition coefficient (Wildman–Crippen LogP) is 2.33. The van der Waals surface area contributed by atoms with E-state index in [9.17, 15) is 15.3 Å². The van der Waals surface area contributed by atoms with Crippen LogP contribution in [0.1, 0.15) is 32.8 Å². The van der Waals surface area contributed by atoms with Gasteiger partial charge in [0.05, 0.1) is 0 Å². The van der Waals surface area contributed by atoms with E-state index in [2.05, 4.69) is 26.1 Å². The molecule has 0 saturated heterocycles. The van der Waals surface area contributed by atoms with Crippen molar-refractivity contribution in [1.82, 2.24) is 5.32 Å². The van der Waals surface area contributed by atoms with Gasteiger partial charge in [-0.2, -0.15) is 0 Å². The summed E-state index contributed by atoms with van der Waals surface area (Å²) < 4.78 is 0. The number of phenolic OH excluding ortho intramolecular Hbond substituents is 3. The van der Waals surface area contributed by atoms with Gasteiger partial charge >= 0.3 is 0 Å². The second-order valence-electron chi connectivity index (χ2n) is 4.85. The molecule has 0 radical (unpaired) electrons. The molecule has 0 aliphatic rings. The third kappa shape index (κ3) is 3.82. The van der Waals surface area contributed by atoms with Crippen LogP contribution in [0.3, 0.4) is 0 Å². The van der Waals surface area contributed by atoms with E-state index in [0.717, 1.165) is 6.42 Å². The smallest absolute Gasteiger partial charge is 0.200 e. The second kappa shape index (κ2) is 5.77. The monoisotopic (exact) mass is 239 g/mol. The Bertz CT molecular complexity index is 377. The molecule has 0 aliphatic heterocycles. The van der Waals surface area contributed by atoms with Crippen molar-refractivity contribution in [3.63, 3.8) is 0 Å². The number of aromatic hydroxyl groups is 3. The standard InChI is InChI=1S/C13H21NO3/c1-8(2)6-9(3)14-7-10-4-5-11(15)13(17)12(10)16/h4-5,8-9,14-17H,6-7H2,1-3H3. The first kappa shape index (κ1) is 13.6. The summed E-state index contributed by atoms with van der Waals surface area (Å²) in [5, 5.41) is 31.4. The molecule has 0 aromatic heterocycles. The lowest BCUT2D eigenvalue weighted by molar-refractivity contribution is 0.362. The van der Waals surface area contributed by atoms with Gasteiger partial charge in [-0.1, -0.05) is 19.9 Å². The molecule has 4 heteroatoms. The van der Waals surface area contributed by atoms with Crippen molar-refractivity contribution in [2.45, 2.75) is 39.8 Å². The van der Waals surface area contributed by atoms with E-state index in [1.54, 1.807) is 6.07 Å². The minimum Gasteiger partial charge on any atom is -0.504 e. The zero-order valence-electron chi connectivity index (χ0n) is 10.6. The SMILES string of the molecule is CC(C)CC(C)NCc1ccc(O)c(O)c1O. The summed E-state index contributed by atoms with van der Waals surface area (Å²) in [6.07, 6.45) is 1.05. The van der Waals surface area contributed by atoms with Crippen LogP contribution in [0.2, 0.25) is 0 Å². The maximum atomic E-state index is 9.62. The fraction of sp³-hybridized carbons (Fsp3) is 0.538. The topological polar surface area (TPSA) is 72.7 Å². The van der Waals surface area contributed by atoms with Crippen molar-refractivity contribution >= 4 is 0 Å². The van der Waals surface area contributed by atoms with E-state index in [1.807, 2.05) is 0 Å². The van der Waals surface area contributed by atoms with Gasteiger partial charge in [0.2, 0.25) is 5.75 Å². The van der Waals surface area contributed by atoms with Gasteiger partial charge < -0.3 is 20.6 Å². The van der Waals surface area contributed by atoms with Crippen molar-refractivity contribution in [3.05, 3.63) is 17.7 Å². The Labute approximate surface area is 102 Å². The van der Waals surface area contributed by atoms with Crippen molar-refractivity contribution in [2.75, 3.05) is 0 Å². The highest BCUT2D eigenvalue weighted by molar-refractivity contribution is 5.52. The maximum Gasteiger partial charge on any atom is 0.200 e. The molecule has 4 nitrogen and oxygen atoms in total. The van der Waals surface area contributed by atoms with Crippen molar-refractivity contribution in [2.24, 2.45) is 5.92 Å². The highest BCUT2D eigenvalue weighted by atomic mass is 16.3. The Kier molecular flexibility index (Phi) is 4.63. The fourth-order valence-electron chi connectivity index (χ4n) is 1.83. The quantitative estimate of drug-likeness (QED) is 0.595. The van der Waals surface area contributed by atoms with Crippen LogP contribution in [-0.2, 0) is 6.54 Å².